The number of aryl methyl sites for hydroxylation is 1. The fourth-order valence-electron chi connectivity index (χ4n) is 1.58. The Bertz CT molecular complexity index is 363. The number of ketones is 1. The molecule has 0 atom stereocenters. The summed E-state index contributed by atoms with van der Waals surface area (Å²) in [5, 5.41) is 0. The van der Waals surface area contributed by atoms with Gasteiger partial charge in [-0.25, -0.2) is 4.98 Å². The Balaban J connectivity index is 2.95. The van der Waals surface area contributed by atoms with Crippen molar-refractivity contribution in [3.05, 3.63) is 29.9 Å². The van der Waals surface area contributed by atoms with E-state index in [1.54, 1.807) is 6.20 Å². The van der Waals surface area contributed by atoms with Crippen LogP contribution in [0, 0.1) is 0 Å². The standard InChI is InChI=1S/C12H18N2O/c1-4-8-14-9-7-13-12(14)11(15)10(5-2)6-3/h5,7,9H,4,6,8H2,1-3H3/b10-5+. The monoisotopic (exact) mass is 206 g/mol. The predicted octanol–water partition coefficient (Wildman–Crippen LogP) is 2.83. The van der Waals surface area contributed by atoms with E-state index < -0.39 is 0 Å². The van der Waals surface area contributed by atoms with Gasteiger partial charge < -0.3 is 4.57 Å². The van der Waals surface area contributed by atoms with Crippen LogP contribution in [0.15, 0.2) is 24.0 Å². The normalized spacial score (nSPS) is 11.8. The van der Waals surface area contributed by atoms with Crippen LogP contribution in [0.25, 0.3) is 0 Å². The molecule has 0 radical (unpaired) electrons. The number of imidazole rings is 1. The van der Waals surface area contributed by atoms with Crippen molar-refractivity contribution in [2.75, 3.05) is 0 Å². The molecule has 0 aliphatic heterocycles. The van der Waals surface area contributed by atoms with Crippen LogP contribution in [0.3, 0.4) is 0 Å². The zero-order chi connectivity index (χ0) is 11.3. The smallest absolute Gasteiger partial charge is 0.224 e. The van der Waals surface area contributed by atoms with Crippen LogP contribution in [0.4, 0.5) is 0 Å². The average Bonchev–Trinajstić information content (AvgIpc) is 2.68. The molecule has 0 N–H and O–H groups in total. The first-order chi connectivity index (χ1) is 7.24. The van der Waals surface area contributed by atoms with Gasteiger partial charge in [0, 0.05) is 18.9 Å². The van der Waals surface area contributed by atoms with Crippen molar-refractivity contribution in [3.63, 3.8) is 0 Å². The topological polar surface area (TPSA) is 34.9 Å². The molecule has 1 aromatic heterocycles. The molecule has 0 fully saturated rings. The van der Waals surface area contributed by atoms with E-state index in [9.17, 15) is 4.79 Å². The predicted molar refractivity (Wildman–Crippen MR) is 60.9 cm³/mol. The third kappa shape index (κ3) is 2.55. The van der Waals surface area contributed by atoms with E-state index in [0.717, 1.165) is 25.0 Å². The van der Waals surface area contributed by atoms with Gasteiger partial charge in [-0.2, -0.15) is 0 Å². The fraction of sp³-hybridized carbons (Fsp3) is 0.500. The first-order valence-electron chi connectivity index (χ1n) is 5.45. The average molecular weight is 206 g/mol. The maximum absolute atomic E-state index is 12.0. The van der Waals surface area contributed by atoms with Gasteiger partial charge in [0.2, 0.25) is 5.78 Å². The zero-order valence-corrected chi connectivity index (χ0v) is 9.66. The van der Waals surface area contributed by atoms with Crippen molar-refractivity contribution >= 4 is 5.78 Å². The van der Waals surface area contributed by atoms with E-state index in [2.05, 4.69) is 11.9 Å². The Labute approximate surface area is 90.8 Å². The molecule has 0 aliphatic carbocycles. The summed E-state index contributed by atoms with van der Waals surface area (Å²) < 4.78 is 1.92. The number of nitrogens with zero attached hydrogens (tertiary/aromatic N) is 2. The maximum Gasteiger partial charge on any atom is 0.224 e. The first kappa shape index (κ1) is 11.7. The van der Waals surface area contributed by atoms with Crippen LogP contribution in [0.1, 0.15) is 44.2 Å². The van der Waals surface area contributed by atoms with E-state index in [0.29, 0.717) is 5.82 Å². The lowest BCUT2D eigenvalue weighted by molar-refractivity contribution is 0.101. The van der Waals surface area contributed by atoms with Gasteiger partial charge in [0.25, 0.3) is 0 Å². The van der Waals surface area contributed by atoms with Gasteiger partial charge in [-0.15, -0.1) is 0 Å². The number of allylic oxidation sites excluding steroid dienone is 2. The van der Waals surface area contributed by atoms with Gasteiger partial charge in [-0.05, 0) is 25.3 Å². The third-order valence-electron chi connectivity index (χ3n) is 2.40. The van der Waals surface area contributed by atoms with Crippen molar-refractivity contribution in [2.24, 2.45) is 0 Å². The molecule has 0 saturated heterocycles. The Morgan fingerprint density at radius 1 is 1.53 bits per heavy atom. The van der Waals surface area contributed by atoms with Gasteiger partial charge in [0.15, 0.2) is 5.82 Å². The van der Waals surface area contributed by atoms with Gasteiger partial charge in [-0.1, -0.05) is 19.9 Å². The Hall–Kier alpha value is -1.38. The molecule has 3 nitrogen and oxygen atoms in total. The minimum atomic E-state index is 0.0541. The Morgan fingerprint density at radius 2 is 2.27 bits per heavy atom. The van der Waals surface area contributed by atoms with Crippen LogP contribution in [-0.2, 0) is 6.54 Å². The number of aromatic nitrogens is 2. The minimum absolute atomic E-state index is 0.0541. The van der Waals surface area contributed by atoms with Crippen LogP contribution in [0.5, 0.6) is 0 Å². The molecule has 0 unspecified atom stereocenters. The number of carbonyl (C=O) groups is 1. The molecule has 0 amide bonds. The summed E-state index contributed by atoms with van der Waals surface area (Å²) in [7, 11) is 0. The SMILES string of the molecule is C/C=C(\CC)C(=O)c1nccn1CCC. The molecule has 82 valence electrons. The lowest BCUT2D eigenvalue weighted by Gasteiger charge is -2.06. The van der Waals surface area contributed by atoms with Gasteiger partial charge in [-0.3, -0.25) is 4.79 Å². The van der Waals surface area contributed by atoms with Crippen LogP contribution in [-0.4, -0.2) is 15.3 Å². The summed E-state index contributed by atoms with van der Waals surface area (Å²) in [5.41, 5.74) is 0.832. The summed E-state index contributed by atoms with van der Waals surface area (Å²) >= 11 is 0. The maximum atomic E-state index is 12.0. The number of hydrogen-bond acceptors (Lipinski definition) is 2. The highest BCUT2D eigenvalue weighted by Gasteiger charge is 2.15. The van der Waals surface area contributed by atoms with Crippen LogP contribution < -0.4 is 0 Å². The van der Waals surface area contributed by atoms with Crippen molar-refractivity contribution in [2.45, 2.75) is 40.2 Å². The molecular formula is C12H18N2O. The van der Waals surface area contributed by atoms with E-state index >= 15 is 0 Å². The highest BCUT2D eigenvalue weighted by Crippen LogP contribution is 2.10. The molecule has 3 heteroatoms. The lowest BCUT2D eigenvalue weighted by atomic mass is 10.1. The Kier molecular flexibility index (Phi) is 4.28. The molecule has 1 rings (SSSR count). The molecule has 0 bridgehead atoms. The van der Waals surface area contributed by atoms with Gasteiger partial charge in [0.05, 0.1) is 0 Å². The molecular weight excluding hydrogens is 188 g/mol. The number of rotatable bonds is 5. The molecule has 0 aromatic carbocycles. The van der Waals surface area contributed by atoms with E-state index in [4.69, 9.17) is 0 Å². The third-order valence-corrected chi connectivity index (χ3v) is 2.40. The van der Waals surface area contributed by atoms with E-state index in [1.807, 2.05) is 30.7 Å². The quantitative estimate of drug-likeness (QED) is 0.548. The van der Waals surface area contributed by atoms with Gasteiger partial charge >= 0.3 is 0 Å². The first-order valence-corrected chi connectivity index (χ1v) is 5.45. The number of carbonyl (C=O) groups excluding carboxylic acids is 1. The second kappa shape index (κ2) is 5.49. The Morgan fingerprint density at radius 3 is 2.80 bits per heavy atom. The summed E-state index contributed by atoms with van der Waals surface area (Å²) in [6.07, 6.45) is 7.18. The summed E-state index contributed by atoms with van der Waals surface area (Å²) in [4.78, 5) is 16.1. The molecule has 0 saturated carbocycles. The largest absolute Gasteiger partial charge is 0.328 e. The highest BCUT2D eigenvalue weighted by molar-refractivity contribution is 6.06. The second-order valence-electron chi connectivity index (χ2n) is 3.44. The molecule has 1 heterocycles. The molecule has 0 spiro atoms. The zero-order valence-electron chi connectivity index (χ0n) is 9.66. The summed E-state index contributed by atoms with van der Waals surface area (Å²) in [5.74, 6) is 0.616. The van der Waals surface area contributed by atoms with E-state index in [1.165, 1.54) is 0 Å². The minimum Gasteiger partial charge on any atom is -0.328 e. The van der Waals surface area contributed by atoms with E-state index in [-0.39, 0.29) is 5.78 Å². The summed E-state index contributed by atoms with van der Waals surface area (Å²) in [6.45, 7) is 6.82. The van der Waals surface area contributed by atoms with Crippen molar-refractivity contribution in [1.29, 1.82) is 0 Å². The number of hydrogen-bond donors (Lipinski definition) is 0. The van der Waals surface area contributed by atoms with Crippen LogP contribution >= 0.6 is 0 Å². The second-order valence-corrected chi connectivity index (χ2v) is 3.44. The number of Topliss-reactive ketones (excluding diaryl/α,β-unsaturated/α-hetero) is 1. The fourth-order valence-corrected chi connectivity index (χ4v) is 1.58. The van der Waals surface area contributed by atoms with Crippen molar-refractivity contribution < 1.29 is 4.79 Å². The summed E-state index contributed by atoms with van der Waals surface area (Å²) in [6, 6.07) is 0. The molecule has 1 aromatic rings. The van der Waals surface area contributed by atoms with Crippen molar-refractivity contribution in [1.82, 2.24) is 9.55 Å². The lowest BCUT2D eigenvalue weighted by Crippen LogP contribution is -2.12. The molecule has 0 aliphatic rings. The molecule has 15 heavy (non-hydrogen) atoms. The van der Waals surface area contributed by atoms with Crippen molar-refractivity contribution in [3.8, 4) is 0 Å². The van der Waals surface area contributed by atoms with Gasteiger partial charge in [0.1, 0.15) is 0 Å². The van der Waals surface area contributed by atoms with Crippen LogP contribution in [0.2, 0.25) is 0 Å². The highest BCUT2D eigenvalue weighted by atomic mass is 16.1.